The van der Waals surface area contributed by atoms with Crippen LogP contribution in [0.3, 0.4) is 0 Å². The van der Waals surface area contributed by atoms with Crippen molar-refractivity contribution in [3.63, 3.8) is 0 Å². The van der Waals surface area contributed by atoms with Crippen LogP contribution in [0.4, 0.5) is 10.5 Å². The molecular weight excluding hydrogens is 350 g/mol. The van der Waals surface area contributed by atoms with Gasteiger partial charge in [0.1, 0.15) is 5.75 Å². The Labute approximate surface area is 168 Å². The highest BCUT2D eigenvalue weighted by Crippen LogP contribution is 2.17. The van der Waals surface area contributed by atoms with Crippen molar-refractivity contribution < 1.29 is 9.53 Å². The summed E-state index contributed by atoms with van der Waals surface area (Å²) in [5.41, 5.74) is 3.35. The van der Waals surface area contributed by atoms with Crippen LogP contribution in [-0.2, 0) is 6.42 Å². The lowest BCUT2D eigenvalue weighted by molar-refractivity contribution is 0.204. The van der Waals surface area contributed by atoms with Crippen LogP contribution in [0.2, 0.25) is 0 Å². The van der Waals surface area contributed by atoms with Crippen LogP contribution >= 0.6 is 0 Å². The van der Waals surface area contributed by atoms with Crippen molar-refractivity contribution in [2.45, 2.75) is 32.6 Å². The molecule has 150 valence electrons. The van der Waals surface area contributed by atoms with Gasteiger partial charge in [0.2, 0.25) is 0 Å². The van der Waals surface area contributed by atoms with Crippen LogP contribution in [0.5, 0.6) is 5.75 Å². The van der Waals surface area contributed by atoms with Gasteiger partial charge in [-0.2, -0.15) is 0 Å². The Bertz CT molecular complexity index is 740. The topological polar surface area (TPSA) is 53.6 Å². The van der Waals surface area contributed by atoms with E-state index < -0.39 is 0 Å². The molecule has 0 radical (unpaired) electrons. The maximum Gasteiger partial charge on any atom is 0.321 e. The number of aryl methyl sites for hydroxylation is 2. The Morgan fingerprint density at radius 2 is 1.79 bits per heavy atom. The maximum atomic E-state index is 12.2. The molecule has 1 aliphatic heterocycles. The predicted octanol–water partition coefficient (Wildman–Crippen LogP) is 4.22. The number of piperazine rings is 1. The molecule has 1 aliphatic rings. The fourth-order valence-corrected chi connectivity index (χ4v) is 3.33. The largest absolute Gasteiger partial charge is 0.493 e. The number of ether oxygens (including phenoxy) is 1. The van der Waals surface area contributed by atoms with Crippen LogP contribution in [0, 0.1) is 6.92 Å². The minimum atomic E-state index is -0.0112. The highest BCUT2D eigenvalue weighted by atomic mass is 16.5. The van der Waals surface area contributed by atoms with E-state index in [9.17, 15) is 4.79 Å². The normalized spacial score (nSPS) is 14.0. The minimum Gasteiger partial charge on any atom is -0.493 e. The molecule has 0 bridgehead atoms. The van der Waals surface area contributed by atoms with E-state index in [0.717, 1.165) is 69.9 Å². The number of nitrogens with zero attached hydrogens (tertiary/aromatic N) is 1. The summed E-state index contributed by atoms with van der Waals surface area (Å²) in [7, 11) is 0. The molecular formula is C23H31N3O2. The second-order valence-corrected chi connectivity index (χ2v) is 7.29. The molecule has 0 atom stereocenters. The lowest BCUT2D eigenvalue weighted by Gasteiger charge is -2.27. The predicted molar refractivity (Wildman–Crippen MR) is 114 cm³/mol. The Morgan fingerprint density at radius 3 is 2.54 bits per heavy atom. The molecule has 0 saturated carbocycles. The number of benzene rings is 2. The van der Waals surface area contributed by atoms with Crippen LogP contribution in [0.1, 0.15) is 30.4 Å². The van der Waals surface area contributed by atoms with Gasteiger partial charge in [-0.05, 0) is 61.9 Å². The summed E-state index contributed by atoms with van der Waals surface area (Å²) < 4.78 is 5.84. The number of para-hydroxylation sites is 1. The molecule has 1 saturated heterocycles. The summed E-state index contributed by atoms with van der Waals surface area (Å²) in [5.74, 6) is 0.987. The van der Waals surface area contributed by atoms with Gasteiger partial charge in [-0.15, -0.1) is 0 Å². The number of carbonyl (C=O) groups excluding carboxylic acids is 1. The third-order valence-corrected chi connectivity index (χ3v) is 5.07. The zero-order valence-electron chi connectivity index (χ0n) is 16.7. The van der Waals surface area contributed by atoms with Gasteiger partial charge in [0.05, 0.1) is 6.61 Å². The van der Waals surface area contributed by atoms with E-state index in [1.54, 1.807) is 0 Å². The molecule has 1 fully saturated rings. The number of hydrogen-bond acceptors (Lipinski definition) is 3. The van der Waals surface area contributed by atoms with E-state index in [1.165, 1.54) is 11.1 Å². The Morgan fingerprint density at radius 1 is 1.04 bits per heavy atom. The summed E-state index contributed by atoms with van der Waals surface area (Å²) in [5, 5.41) is 6.24. The average molecular weight is 382 g/mol. The first kappa shape index (κ1) is 20.2. The molecule has 0 aromatic heterocycles. The third kappa shape index (κ3) is 6.27. The van der Waals surface area contributed by atoms with Crippen molar-refractivity contribution in [1.29, 1.82) is 0 Å². The number of rotatable bonds is 8. The lowest BCUT2D eigenvalue weighted by Crippen LogP contribution is -2.48. The second-order valence-electron chi connectivity index (χ2n) is 7.29. The van der Waals surface area contributed by atoms with Crippen molar-refractivity contribution in [1.82, 2.24) is 10.2 Å². The van der Waals surface area contributed by atoms with E-state index in [2.05, 4.69) is 35.8 Å². The second kappa shape index (κ2) is 10.7. The number of urea groups is 1. The standard InChI is InChI=1S/C23H31N3O2/c1-19-7-4-5-9-22(19)28-18-6-2-3-8-20-10-12-21(13-11-20)25-23(27)26-16-14-24-15-17-26/h4-5,7,9-13,24H,2-3,6,8,14-18H2,1H3,(H,25,27). The fourth-order valence-electron chi connectivity index (χ4n) is 3.33. The molecule has 28 heavy (non-hydrogen) atoms. The average Bonchev–Trinajstić information content (AvgIpc) is 2.73. The van der Waals surface area contributed by atoms with E-state index >= 15 is 0 Å². The Kier molecular flexibility index (Phi) is 7.73. The SMILES string of the molecule is Cc1ccccc1OCCCCCc1ccc(NC(=O)N2CCNCC2)cc1. The molecule has 2 aromatic carbocycles. The van der Waals surface area contributed by atoms with Gasteiger partial charge in [0.15, 0.2) is 0 Å². The van der Waals surface area contributed by atoms with E-state index in [-0.39, 0.29) is 6.03 Å². The van der Waals surface area contributed by atoms with Gasteiger partial charge in [-0.1, -0.05) is 30.3 Å². The molecule has 5 heteroatoms. The number of hydrogen-bond donors (Lipinski definition) is 2. The van der Waals surface area contributed by atoms with Crippen LogP contribution in [0.25, 0.3) is 0 Å². The summed E-state index contributed by atoms with van der Waals surface area (Å²) in [4.78, 5) is 14.1. The monoisotopic (exact) mass is 381 g/mol. The number of amides is 2. The minimum absolute atomic E-state index is 0.0112. The number of unbranched alkanes of at least 4 members (excludes halogenated alkanes) is 2. The lowest BCUT2D eigenvalue weighted by atomic mass is 10.1. The van der Waals surface area contributed by atoms with Crippen LogP contribution < -0.4 is 15.4 Å². The first-order valence-corrected chi connectivity index (χ1v) is 10.3. The van der Waals surface area contributed by atoms with Crippen molar-refractivity contribution >= 4 is 11.7 Å². The Balaban J connectivity index is 1.32. The molecule has 2 amide bonds. The van der Waals surface area contributed by atoms with Gasteiger partial charge in [-0.25, -0.2) is 4.79 Å². The Hall–Kier alpha value is -2.53. The quantitative estimate of drug-likeness (QED) is 0.673. The smallest absolute Gasteiger partial charge is 0.321 e. The third-order valence-electron chi connectivity index (χ3n) is 5.07. The first-order valence-electron chi connectivity index (χ1n) is 10.3. The molecule has 0 aliphatic carbocycles. The molecule has 2 N–H and O–H groups in total. The highest BCUT2D eigenvalue weighted by Gasteiger charge is 2.15. The first-order chi connectivity index (χ1) is 13.7. The van der Waals surface area contributed by atoms with Crippen LogP contribution in [0.15, 0.2) is 48.5 Å². The highest BCUT2D eigenvalue weighted by molar-refractivity contribution is 5.89. The summed E-state index contributed by atoms with van der Waals surface area (Å²) in [6.07, 6.45) is 4.40. The van der Waals surface area contributed by atoms with Gasteiger partial charge in [0, 0.05) is 31.9 Å². The molecule has 3 rings (SSSR count). The van der Waals surface area contributed by atoms with E-state index in [1.807, 2.05) is 35.2 Å². The number of anilines is 1. The zero-order valence-corrected chi connectivity index (χ0v) is 16.7. The fraction of sp³-hybridized carbons (Fsp3) is 0.435. The van der Waals surface area contributed by atoms with Gasteiger partial charge >= 0.3 is 6.03 Å². The zero-order chi connectivity index (χ0) is 19.6. The van der Waals surface area contributed by atoms with Crippen molar-refractivity contribution in [2.24, 2.45) is 0 Å². The van der Waals surface area contributed by atoms with Gasteiger partial charge in [-0.3, -0.25) is 0 Å². The molecule has 5 nitrogen and oxygen atoms in total. The van der Waals surface area contributed by atoms with E-state index in [0.29, 0.717) is 0 Å². The van der Waals surface area contributed by atoms with Crippen LogP contribution in [-0.4, -0.2) is 43.7 Å². The van der Waals surface area contributed by atoms with Crippen molar-refractivity contribution in [3.05, 3.63) is 59.7 Å². The van der Waals surface area contributed by atoms with Gasteiger partial charge < -0.3 is 20.3 Å². The molecule has 1 heterocycles. The summed E-state index contributed by atoms with van der Waals surface area (Å²) in [6.45, 7) is 6.09. The molecule has 2 aromatic rings. The van der Waals surface area contributed by atoms with E-state index in [4.69, 9.17) is 4.74 Å². The summed E-state index contributed by atoms with van der Waals surface area (Å²) >= 11 is 0. The molecule has 0 spiro atoms. The molecule has 0 unspecified atom stereocenters. The van der Waals surface area contributed by atoms with Crippen molar-refractivity contribution in [3.8, 4) is 5.75 Å². The summed E-state index contributed by atoms with van der Waals surface area (Å²) in [6, 6.07) is 16.3. The van der Waals surface area contributed by atoms with Gasteiger partial charge in [0.25, 0.3) is 0 Å². The number of nitrogens with one attached hydrogen (secondary N) is 2. The maximum absolute atomic E-state index is 12.2. The number of carbonyl (C=O) groups is 1. The van der Waals surface area contributed by atoms with Crippen molar-refractivity contribution in [2.75, 3.05) is 38.1 Å².